The van der Waals surface area contributed by atoms with Crippen molar-refractivity contribution in [3.8, 4) is 23.1 Å². The third-order valence-electron chi connectivity index (χ3n) is 6.73. The molecule has 0 amide bonds. The summed E-state index contributed by atoms with van der Waals surface area (Å²) in [4.78, 5) is 4.84. The molecule has 0 aliphatic carbocycles. The van der Waals surface area contributed by atoms with Gasteiger partial charge in [0.25, 0.3) is 0 Å². The number of benzene rings is 2. The lowest BCUT2D eigenvalue weighted by atomic mass is 9.73. The van der Waals surface area contributed by atoms with Crippen molar-refractivity contribution in [1.82, 2.24) is 9.55 Å². The van der Waals surface area contributed by atoms with Crippen molar-refractivity contribution in [2.45, 2.75) is 86.5 Å². The molecule has 35 heavy (non-hydrogen) atoms. The van der Waals surface area contributed by atoms with Crippen LogP contribution in [0.2, 0.25) is 0 Å². The summed E-state index contributed by atoms with van der Waals surface area (Å²) in [5, 5.41) is 9.61. The van der Waals surface area contributed by atoms with Crippen LogP contribution in [0, 0.1) is 17.2 Å². The summed E-state index contributed by atoms with van der Waals surface area (Å²) in [7, 11) is 0. The van der Waals surface area contributed by atoms with Gasteiger partial charge in [-0.1, -0.05) is 93.5 Å². The highest BCUT2D eigenvalue weighted by atomic mass is 15.1. The molecule has 3 rings (SSSR count). The molecule has 3 nitrogen and oxygen atoms in total. The fourth-order valence-electron chi connectivity index (χ4n) is 4.14. The average Bonchev–Trinajstić information content (AvgIpc) is 3.34. The summed E-state index contributed by atoms with van der Waals surface area (Å²) in [6.07, 6.45) is 3.95. The van der Waals surface area contributed by atoms with Crippen LogP contribution < -0.4 is 0 Å². The topological polar surface area (TPSA) is 41.6 Å². The maximum absolute atomic E-state index is 9.61. The SMILES string of the molecule is C=C.CC.CC(C)c1cc(C#N)cc(C(C)C)c1-n1ccnc1-c1ccccc1C(C)(C)C(C)C. The first-order valence-corrected chi connectivity index (χ1v) is 12.8. The van der Waals surface area contributed by atoms with Crippen LogP contribution in [0.3, 0.4) is 0 Å². The highest BCUT2D eigenvalue weighted by Gasteiger charge is 2.29. The van der Waals surface area contributed by atoms with Gasteiger partial charge in [-0.3, -0.25) is 4.57 Å². The largest absolute Gasteiger partial charge is 0.299 e. The number of hydrogen-bond acceptors (Lipinski definition) is 2. The standard InChI is InChI=1S/C28H35N3.C2H6.C2H4/c1-18(2)23-15-21(17-29)16-24(19(3)4)26(23)31-14-13-30-27(31)22-11-9-10-12-25(22)28(7,8)20(5)6;2*1-2/h9-16,18-20H,1-8H3;1-2H3;1-2H2. The van der Waals surface area contributed by atoms with Crippen molar-refractivity contribution in [1.29, 1.82) is 5.26 Å². The monoisotopic (exact) mass is 471 g/mol. The molecule has 0 saturated heterocycles. The summed E-state index contributed by atoms with van der Waals surface area (Å²) in [5.74, 6) is 2.03. The minimum atomic E-state index is 0.0137. The van der Waals surface area contributed by atoms with Crippen LogP contribution in [-0.4, -0.2) is 9.55 Å². The first-order valence-electron chi connectivity index (χ1n) is 12.8. The van der Waals surface area contributed by atoms with E-state index in [1.807, 2.05) is 32.2 Å². The zero-order valence-electron chi connectivity index (χ0n) is 23.6. The third kappa shape index (κ3) is 6.31. The van der Waals surface area contributed by atoms with Gasteiger partial charge in [0.05, 0.1) is 17.3 Å². The molecule has 0 spiro atoms. The van der Waals surface area contributed by atoms with Crippen LogP contribution in [0.5, 0.6) is 0 Å². The van der Waals surface area contributed by atoms with Crippen LogP contribution in [0.1, 0.15) is 103 Å². The van der Waals surface area contributed by atoms with Gasteiger partial charge in [0.1, 0.15) is 5.82 Å². The van der Waals surface area contributed by atoms with E-state index < -0.39 is 0 Å². The Kier molecular flexibility index (Phi) is 11.2. The highest BCUT2D eigenvalue weighted by Crippen LogP contribution is 2.40. The van der Waals surface area contributed by atoms with Crippen LogP contribution >= 0.6 is 0 Å². The fraction of sp³-hybridized carbons (Fsp3) is 0.438. The molecule has 0 bridgehead atoms. The zero-order valence-corrected chi connectivity index (χ0v) is 23.6. The smallest absolute Gasteiger partial charge is 0.144 e. The molecular formula is C32H45N3. The molecule has 2 aromatic carbocycles. The molecule has 1 aromatic heterocycles. The second-order valence-electron chi connectivity index (χ2n) is 9.97. The molecule has 188 valence electrons. The molecule has 0 N–H and O–H groups in total. The number of nitrogens with zero attached hydrogens (tertiary/aromatic N) is 3. The van der Waals surface area contributed by atoms with E-state index in [-0.39, 0.29) is 5.41 Å². The van der Waals surface area contributed by atoms with Crippen molar-refractivity contribution in [2.75, 3.05) is 0 Å². The van der Waals surface area contributed by atoms with E-state index in [0.29, 0.717) is 17.8 Å². The molecule has 0 atom stereocenters. The predicted octanol–water partition coefficient (Wildman–Crippen LogP) is 9.42. The van der Waals surface area contributed by atoms with Gasteiger partial charge in [-0.2, -0.15) is 5.26 Å². The Hall–Kier alpha value is -3.12. The Morgan fingerprint density at radius 2 is 1.43 bits per heavy atom. The van der Waals surface area contributed by atoms with Crippen LogP contribution in [0.4, 0.5) is 0 Å². The molecule has 0 aliphatic rings. The zero-order chi connectivity index (χ0) is 26.9. The highest BCUT2D eigenvalue weighted by molar-refractivity contribution is 5.67. The van der Waals surface area contributed by atoms with Crippen LogP contribution in [-0.2, 0) is 5.41 Å². The first-order chi connectivity index (χ1) is 16.6. The molecular weight excluding hydrogens is 426 g/mol. The van der Waals surface area contributed by atoms with E-state index in [4.69, 9.17) is 4.98 Å². The van der Waals surface area contributed by atoms with E-state index in [0.717, 1.165) is 17.1 Å². The molecule has 0 aliphatic heterocycles. The second-order valence-corrected chi connectivity index (χ2v) is 9.97. The van der Waals surface area contributed by atoms with Crippen molar-refractivity contribution < 1.29 is 0 Å². The molecule has 0 fully saturated rings. The van der Waals surface area contributed by atoms with Gasteiger partial charge < -0.3 is 0 Å². The lowest BCUT2D eigenvalue weighted by Gasteiger charge is -2.32. The minimum absolute atomic E-state index is 0.0137. The van der Waals surface area contributed by atoms with Crippen molar-refractivity contribution in [3.63, 3.8) is 0 Å². The Morgan fingerprint density at radius 3 is 1.89 bits per heavy atom. The summed E-state index contributed by atoms with van der Waals surface area (Å²) >= 11 is 0. The third-order valence-corrected chi connectivity index (χ3v) is 6.73. The Labute approximate surface area is 214 Å². The summed E-state index contributed by atoms with van der Waals surface area (Å²) in [6, 6.07) is 15.1. The summed E-state index contributed by atoms with van der Waals surface area (Å²) in [5.41, 5.74) is 6.74. The normalized spacial score (nSPS) is 11.0. The minimum Gasteiger partial charge on any atom is -0.299 e. The van der Waals surface area contributed by atoms with E-state index in [9.17, 15) is 5.26 Å². The van der Waals surface area contributed by atoms with Gasteiger partial charge in [0.15, 0.2) is 0 Å². The molecule has 0 unspecified atom stereocenters. The number of aromatic nitrogens is 2. The lowest BCUT2D eigenvalue weighted by Crippen LogP contribution is -2.25. The Bertz CT molecular complexity index is 1090. The number of imidazole rings is 1. The van der Waals surface area contributed by atoms with Gasteiger partial charge in [0, 0.05) is 18.0 Å². The van der Waals surface area contributed by atoms with Gasteiger partial charge >= 0.3 is 0 Å². The summed E-state index contributed by atoms with van der Waals surface area (Å²) in [6.45, 7) is 27.9. The van der Waals surface area contributed by atoms with Gasteiger partial charge in [0.2, 0.25) is 0 Å². The van der Waals surface area contributed by atoms with Crippen LogP contribution in [0.25, 0.3) is 17.1 Å². The molecule has 0 radical (unpaired) electrons. The summed E-state index contributed by atoms with van der Waals surface area (Å²) < 4.78 is 2.24. The van der Waals surface area contributed by atoms with E-state index in [1.165, 1.54) is 22.3 Å². The maximum atomic E-state index is 9.61. The molecule has 0 saturated carbocycles. The van der Waals surface area contributed by atoms with Crippen LogP contribution in [0.15, 0.2) is 61.9 Å². The number of hydrogen-bond donors (Lipinski definition) is 0. The van der Waals surface area contributed by atoms with Crippen molar-refractivity contribution in [3.05, 3.63) is 84.2 Å². The van der Waals surface area contributed by atoms with E-state index in [2.05, 4.69) is 110 Å². The van der Waals surface area contributed by atoms with Gasteiger partial charge in [-0.25, -0.2) is 4.98 Å². The quantitative estimate of drug-likeness (QED) is 0.336. The van der Waals surface area contributed by atoms with Crippen molar-refractivity contribution >= 4 is 0 Å². The van der Waals surface area contributed by atoms with Gasteiger partial charge in [-0.05, 0) is 52.0 Å². The fourth-order valence-corrected chi connectivity index (χ4v) is 4.14. The number of nitriles is 1. The first kappa shape index (κ1) is 29.9. The average molecular weight is 472 g/mol. The lowest BCUT2D eigenvalue weighted by molar-refractivity contribution is 0.373. The maximum Gasteiger partial charge on any atom is 0.144 e. The van der Waals surface area contributed by atoms with E-state index >= 15 is 0 Å². The Balaban J connectivity index is 0.00000145. The number of rotatable bonds is 6. The molecule has 3 aromatic rings. The molecule has 1 heterocycles. The predicted molar refractivity (Wildman–Crippen MR) is 152 cm³/mol. The van der Waals surface area contributed by atoms with Crippen molar-refractivity contribution in [2.24, 2.45) is 5.92 Å². The molecule has 3 heteroatoms. The van der Waals surface area contributed by atoms with Gasteiger partial charge in [-0.15, -0.1) is 13.2 Å². The second kappa shape index (κ2) is 13.1. The Morgan fingerprint density at radius 1 is 0.914 bits per heavy atom. The van der Waals surface area contributed by atoms with E-state index in [1.54, 1.807) is 0 Å².